The van der Waals surface area contributed by atoms with Crippen LogP contribution in [0.1, 0.15) is 35.2 Å². The third-order valence-electron chi connectivity index (χ3n) is 4.96. The standard InChI is InChI=1S/C19H16FN5O/c20-11-7-8-14-15(10-11)22-18(21-14)16-6-3-9-25(16)19(26)17-12-4-1-2-5-13(12)23-24-17/h1-2,4-5,7-8,10,16H,3,6,9H2,(H,21,22)(H,23,24)/t16-/m0/s1. The van der Waals surface area contributed by atoms with Crippen molar-refractivity contribution < 1.29 is 9.18 Å². The number of halogens is 1. The van der Waals surface area contributed by atoms with Gasteiger partial charge in [0.2, 0.25) is 0 Å². The fourth-order valence-electron chi connectivity index (χ4n) is 3.72. The third-order valence-corrected chi connectivity index (χ3v) is 4.96. The molecule has 2 aromatic heterocycles. The molecule has 1 aliphatic rings. The summed E-state index contributed by atoms with van der Waals surface area (Å²) in [5, 5.41) is 7.95. The van der Waals surface area contributed by atoms with Crippen molar-refractivity contribution in [1.82, 2.24) is 25.1 Å². The van der Waals surface area contributed by atoms with Crippen molar-refractivity contribution in [3.8, 4) is 0 Å². The number of likely N-dealkylation sites (tertiary alicyclic amines) is 1. The molecule has 0 spiro atoms. The Balaban J connectivity index is 1.52. The lowest BCUT2D eigenvalue weighted by atomic mass is 10.1. The van der Waals surface area contributed by atoms with Gasteiger partial charge in [0.05, 0.1) is 22.6 Å². The predicted octanol–water partition coefficient (Wildman–Crippen LogP) is 3.56. The fraction of sp³-hybridized carbons (Fsp3) is 0.211. The van der Waals surface area contributed by atoms with Crippen molar-refractivity contribution >= 4 is 27.8 Å². The van der Waals surface area contributed by atoms with Gasteiger partial charge in [0.25, 0.3) is 5.91 Å². The quantitative estimate of drug-likeness (QED) is 0.581. The zero-order valence-electron chi connectivity index (χ0n) is 13.9. The van der Waals surface area contributed by atoms with E-state index in [0.29, 0.717) is 29.1 Å². The second-order valence-electron chi connectivity index (χ2n) is 6.56. The van der Waals surface area contributed by atoms with Gasteiger partial charge in [0, 0.05) is 11.9 Å². The highest BCUT2D eigenvalue weighted by molar-refractivity contribution is 6.04. The molecule has 3 heterocycles. The van der Waals surface area contributed by atoms with Crippen LogP contribution in [-0.2, 0) is 0 Å². The number of imidazole rings is 1. The summed E-state index contributed by atoms with van der Waals surface area (Å²) in [6, 6.07) is 11.9. The molecule has 0 unspecified atom stereocenters. The van der Waals surface area contributed by atoms with E-state index in [-0.39, 0.29) is 17.8 Å². The van der Waals surface area contributed by atoms with Crippen LogP contribution in [-0.4, -0.2) is 37.5 Å². The van der Waals surface area contributed by atoms with Crippen molar-refractivity contribution in [3.05, 3.63) is 59.8 Å². The van der Waals surface area contributed by atoms with Crippen LogP contribution in [0.25, 0.3) is 21.9 Å². The van der Waals surface area contributed by atoms with Crippen molar-refractivity contribution in [2.24, 2.45) is 0 Å². The van der Waals surface area contributed by atoms with Crippen LogP contribution in [0.15, 0.2) is 42.5 Å². The molecule has 0 saturated carbocycles. The normalized spacial score (nSPS) is 17.4. The Morgan fingerprint density at radius 1 is 1.19 bits per heavy atom. The van der Waals surface area contributed by atoms with Crippen molar-refractivity contribution in [1.29, 1.82) is 0 Å². The van der Waals surface area contributed by atoms with E-state index in [1.807, 2.05) is 24.3 Å². The number of hydrogen-bond donors (Lipinski definition) is 2. The molecule has 7 heteroatoms. The van der Waals surface area contributed by atoms with Gasteiger partial charge in [-0.1, -0.05) is 18.2 Å². The maximum atomic E-state index is 13.4. The molecule has 4 aromatic rings. The molecule has 1 saturated heterocycles. The Hall–Kier alpha value is -3.22. The van der Waals surface area contributed by atoms with Crippen LogP contribution in [0.5, 0.6) is 0 Å². The van der Waals surface area contributed by atoms with Crippen molar-refractivity contribution in [2.75, 3.05) is 6.54 Å². The van der Waals surface area contributed by atoms with Crippen LogP contribution in [0.3, 0.4) is 0 Å². The number of nitrogens with zero attached hydrogens (tertiary/aromatic N) is 3. The molecular weight excluding hydrogens is 333 g/mol. The largest absolute Gasteiger partial charge is 0.340 e. The van der Waals surface area contributed by atoms with E-state index in [9.17, 15) is 9.18 Å². The number of rotatable bonds is 2. The van der Waals surface area contributed by atoms with Crippen molar-refractivity contribution in [3.63, 3.8) is 0 Å². The molecule has 1 atom stereocenters. The van der Waals surface area contributed by atoms with Gasteiger partial charge in [-0.3, -0.25) is 9.89 Å². The minimum atomic E-state index is -0.310. The second kappa shape index (κ2) is 5.66. The monoisotopic (exact) mass is 349 g/mol. The number of carbonyl (C=O) groups excluding carboxylic acids is 1. The molecule has 130 valence electrons. The smallest absolute Gasteiger partial charge is 0.275 e. The average molecular weight is 349 g/mol. The van der Waals surface area contributed by atoms with Gasteiger partial charge in [0.15, 0.2) is 5.69 Å². The van der Waals surface area contributed by atoms with Crippen LogP contribution < -0.4 is 0 Å². The molecule has 5 rings (SSSR count). The highest BCUT2D eigenvalue weighted by Gasteiger charge is 2.34. The Morgan fingerprint density at radius 2 is 2.08 bits per heavy atom. The van der Waals surface area contributed by atoms with Crippen LogP contribution in [0.2, 0.25) is 0 Å². The first-order valence-corrected chi connectivity index (χ1v) is 8.60. The summed E-state index contributed by atoms with van der Waals surface area (Å²) in [5.41, 5.74) is 2.61. The molecule has 2 aromatic carbocycles. The first-order chi connectivity index (χ1) is 12.7. The molecule has 0 aliphatic carbocycles. The van der Waals surface area contributed by atoms with Gasteiger partial charge in [0.1, 0.15) is 11.6 Å². The van der Waals surface area contributed by atoms with Gasteiger partial charge >= 0.3 is 0 Å². The van der Waals surface area contributed by atoms with Gasteiger partial charge in [-0.25, -0.2) is 9.37 Å². The number of para-hydroxylation sites is 1. The maximum Gasteiger partial charge on any atom is 0.275 e. The van der Waals surface area contributed by atoms with Crippen LogP contribution in [0, 0.1) is 5.82 Å². The van der Waals surface area contributed by atoms with E-state index in [0.717, 1.165) is 23.7 Å². The van der Waals surface area contributed by atoms with E-state index < -0.39 is 0 Å². The van der Waals surface area contributed by atoms with Crippen LogP contribution in [0.4, 0.5) is 4.39 Å². The molecule has 6 nitrogen and oxygen atoms in total. The summed E-state index contributed by atoms with van der Waals surface area (Å²) in [4.78, 5) is 22.7. The number of fused-ring (bicyclic) bond motifs is 2. The second-order valence-corrected chi connectivity index (χ2v) is 6.56. The topological polar surface area (TPSA) is 77.7 Å². The first kappa shape index (κ1) is 15.1. The van der Waals surface area contributed by atoms with Gasteiger partial charge < -0.3 is 9.88 Å². The molecule has 0 bridgehead atoms. The Bertz CT molecular complexity index is 1130. The van der Waals surface area contributed by atoms with E-state index in [1.165, 1.54) is 12.1 Å². The highest BCUT2D eigenvalue weighted by Crippen LogP contribution is 2.33. The maximum absolute atomic E-state index is 13.4. The van der Waals surface area contributed by atoms with Gasteiger partial charge in [-0.15, -0.1) is 0 Å². The Labute approximate surface area is 148 Å². The third kappa shape index (κ3) is 2.28. The number of benzene rings is 2. The van der Waals surface area contributed by atoms with Crippen molar-refractivity contribution in [2.45, 2.75) is 18.9 Å². The number of nitrogens with one attached hydrogen (secondary N) is 2. The molecule has 1 amide bonds. The molecule has 2 N–H and O–H groups in total. The van der Waals surface area contributed by atoms with E-state index in [1.54, 1.807) is 11.0 Å². The first-order valence-electron chi connectivity index (χ1n) is 8.60. The Kier molecular flexibility index (Phi) is 3.28. The Morgan fingerprint density at radius 3 is 3.00 bits per heavy atom. The summed E-state index contributed by atoms with van der Waals surface area (Å²) < 4.78 is 13.4. The fourth-order valence-corrected chi connectivity index (χ4v) is 3.72. The number of H-pyrrole nitrogens is 2. The summed E-state index contributed by atoms with van der Waals surface area (Å²) >= 11 is 0. The summed E-state index contributed by atoms with van der Waals surface area (Å²) in [6.07, 6.45) is 1.71. The molecule has 26 heavy (non-hydrogen) atoms. The number of hydrogen-bond acceptors (Lipinski definition) is 3. The lowest BCUT2D eigenvalue weighted by Gasteiger charge is -2.22. The van der Waals surface area contributed by atoms with E-state index in [2.05, 4.69) is 20.2 Å². The van der Waals surface area contributed by atoms with Crippen LogP contribution >= 0.6 is 0 Å². The minimum Gasteiger partial charge on any atom is -0.340 e. The molecule has 0 radical (unpaired) electrons. The van der Waals surface area contributed by atoms with E-state index >= 15 is 0 Å². The number of amides is 1. The van der Waals surface area contributed by atoms with E-state index in [4.69, 9.17) is 0 Å². The SMILES string of the molecule is O=C(c1n[nH]c2ccccc12)N1CCC[C@H]1c1nc2ccc(F)cc2[nH]1. The minimum absolute atomic E-state index is 0.114. The lowest BCUT2D eigenvalue weighted by molar-refractivity contribution is 0.0726. The number of aromatic nitrogens is 4. The highest BCUT2D eigenvalue weighted by atomic mass is 19.1. The molecular formula is C19H16FN5O. The summed E-state index contributed by atoms with van der Waals surface area (Å²) in [5.74, 6) is 0.267. The molecule has 1 aliphatic heterocycles. The lowest BCUT2D eigenvalue weighted by Crippen LogP contribution is -2.31. The number of aromatic amines is 2. The van der Waals surface area contributed by atoms with Gasteiger partial charge in [-0.2, -0.15) is 5.10 Å². The average Bonchev–Trinajstić information content (AvgIpc) is 3.37. The zero-order chi connectivity index (χ0) is 17.7. The predicted molar refractivity (Wildman–Crippen MR) is 95.2 cm³/mol. The summed E-state index contributed by atoms with van der Waals surface area (Å²) in [7, 11) is 0. The summed E-state index contributed by atoms with van der Waals surface area (Å²) in [6.45, 7) is 0.649. The number of carbonyl (C=O) groups is 1. The zero-order valence-corrected chi connectivity index (χ0v) is 13.9. The van der Waals surface area contributed by atoms with Gasteiger partial charge in [-0.05, 0) is 37.1 Å². The molecule has 1 fully saturated rings.